The van der Waals surface area contributed by atoms with Gasteiger partial charge in [0.2, 0.25) is 0 Å². The molecule has 0 spiro atoms. The van der Waals surface area contributed by atoms with Gasteiger partial charge in [-0.05, 0) is 49.6 Å². The third kappa shape index (κ3) is 5.71. The summed E-state index contributed by atoms with van der Waals surface area (Å²) >= 11 is 0. The monoisotopic (exact) mass is 378 g/mol. The molecule has 1 aliphatic heterocycles. The molecule has 0 amide bonds. The molecule has 0 fully saturated rings. The zero-order valence-electron chi connectivity index (χ0n) is 15.1. The Morgan fingerprint density at radius 3 is 2.88 bits per heavy atom. The number of ether oxygens (including phenoxy) is 3. The molecule has 0 radical (unpaired) electrons. The van der Waals surface area contributed by atoms with Crippen LogP contribution < -0.4 is 25.3 Å². The summed E-state index contributed by atoms with van der Waals surface area (Å²) in [7, 11) is 1.68. The van der Waals surface area contributed by atoms with Gasteiger partial charge >= 0.3 is 0 Å². The topological polar surface area (TPSA) is 65.7 Å². The quantitative estimate of drug-likeness (QED) is 0.544. The molecule has 0 aromatic heterocycles. The second-order valence-corrected chi connectivity index (χ2v) is 6.23. The molecule has 2 aromatic rings. The van der Waals surface area contributed by atoms with Crippen LogP contribution in [0.25, 0.3) is 0 Å². The van der Waals surface area contributed by atoms with Crippen molar-refractivity contribution in [3.63, 3.8) is 0 Å². The van der Waals surface area contributed by atoms with Crippen LogP contribution in [0.15, 0.2) is 42.5 Å². The van der Waals surface area contributed by atoms with Crippen LogP contribution in [-0.2, 0) is 6.42 Å². The molecule has 26 heavy (non-hydrogen) atoms. The molecular formula is C20H27ClN2O3. The van der Waals surface area contributed by atoms with Crippen LogP contribution in [0.2, 0.25) is 0 Å². The molecule has 1 aliphatic rings. The maximum absolute atomic E-state index is 6.08. The van der Waals surface area contributed by atoms with Crippen molar-refractivity contribution >= 4 is 18.1 Å². The highest BCUT2D eigenvalue weighted by Crippen LogP contribution is 2.31. The number of halogens is 1. The number of hydrogen-bond acceptors (Lipinski definition) is 5. The Morgan fingerprint density at radius 2 is 2.08 bits per heavy atom. The van der Waals surface area contributed by atoms with Gasteiger partial charge in [-0.3, -0.25) is 0 Å². The van der Waals surface area contributed by atoms with E-state index in [1.165, 1.54) is 5.56 Å². The van der Waals surface area contributed by atoms with Gasteiger partial charge in [0, 0.05) is 24.4 Å². The van der Waals surface area contributed by atoms with Crippen molar-refractivity contribution in [1.82, 2.24) is 5.32 Å². The van der Waals surface area contributed by atoms with Crippen LogP contribution in [0.3, 0.4) is 0 Å². The van der Waals surface area contributed by atoms with E-state index in [0.717, 1.165) is 55.3 Å². The van der Waals surface area contributed by atoms with Crippen LogP contribution in [0.4, 0.5) is 5.69 Å². The fourth-order valence-corrected chi connectivity index (χ4v) is 2.93. The molecule has 3 rings (SSSR count). The van der Waals surface area contributed by atoms with Gasteiger partial charge in [0.05, 0.1) is 13.7 Å². The Kier molecular flexibility index (Phi) is 7.88. The number of nitrogens with one attached hydrogen (secondary N) is 1. The van der Waals surface area contributed by atoms with E-state index in [-0.39, 0.29) is 18.5 Å². The van der Waals surface area contributed by atoms with Crippen molar-refractivity contribution in [2.45, 2.75) is 25.4 Å². The first kappa shape index (κ1) is 20.2. The predicted octanol–water partition coefficient (Wildman–Crippen LogP) is 3.45. The summed E-state index contributed by atoms with van der Waals surface area (Å²) in [5, 5.41) is 3.45. The smallest absolute Gasteiger partial charge is 0.126 e. The van der Waals surface area contributed by atoms with Crippen molar-refractivity contribution in [1.29, 1.82) is 0 Å². The zero-order chi connectivity index (χ0) is 17.5. The molecule has 5 nitrogen and oxygen atoms in total. The second kappa shape index (κ2) is 10.1. The van der Waals surface area contributed by atoms with Gasteiger partial charge in [0.15, 0.2) is 0 Å². The fraction of sp³-hybridized carbons (Fsp3) is 0.400. The maximum Gasteiger partial charge on any atom is 0.126 e. The number of benzene rings is 2. The average Bonchev–Trinajstić information content (AvgIpc) is 2.64. The number of anilines is 1. The number of rotatable bonds is 8. The van der Waals surface area contributed by atoms with E-state index in [9.17, 15) is 0 Å². The van der Waals surface area contributed by atoms with Crippen molar-refractivity contribution in [3.8, 4) is 17.2 Å². The van der Waals surface area contributed by atoms with Crippen molar-refractivity contribution < 1.29 is 14.2 Å². The highest BCUT2D eigenvalue weighted by molar-refractivity contribution is 5.85. The molecule has 0 aliphatic carbocycles. The molecule has 0 bridgehead atoms. The molecule has 1 heterocycles. The van der Waals surface area contributed by atoms with Crippen LogP contribution in [-0.4, -0.2) is 32.9 Å². The van der Waals surface area contributed by atoms with E-state index in [1.54, 1.807) is 7.11 Å². The molecule has 3 N–H and O–H groups in total. The molecule has 142 valence electrons. The number of methoxy groups -OCH3 is 1. The number of aryl methyl sites for hydroxylation is 1. The van der Waals surface area contributed by atoms with E-state index in [4.69, 9.17) is 19.9 Å². The lowest BCUT2D eigenvalue weighted by atomic mass is 10.0. The SMILES string of the molecule is COc1ccc2c(c1)OC(CNCCCOc1cccc(N)c1)CC2.Cl. The summed E-state index contributed by atoms with van der Waals surface area (Å²) < 4.78 is 17.0. The van der Waals surface area contributed by atoms with Gasteiger partial charge in [-0.15, -0.1) is 12.4 Å². The van der Waals surface area contributed by atoms with E-state index < -0.39 is 0 Å². The summed E-state index contributed by atoms with van der Waals surface area (Å²) in [6.45, 7) is 2.41. The lowest BCUT2D eigenvalue weighted by molar-refractivity contribution is 0.169. The third-order valence-corrected chi connectivity index (χ3v) is 4.30. The molecule has 2 aromatic carbocycles. The van der Waals surface area contributed by atoms with E-state index in [2.05, 4.69) is 11.4 Å². The lowest BCUT2D eigenvalue weighted by Crippen LogP contribution is -2.35. The van der Waals surface area contributed by atoms with Crippen LogP contribution >= 0.6 is 12.4 Å². The molecule has 6 heteroatoms. The highest BCUT2D eigenvalue weighted by atomic mass is 35.5. The largest absolute Gasteiger partial charge is 0.497 e. The predicted molar refractivity (Wildman–Crippen MR) is 107 cm³/mol. The van der Waals surface area contributed by atoms with Crippen molar-refractivity contribution in [2.24, 2.45) is 0 Å². The number of nitrogens with two attached hydrogens (primary N) is 1. The fourth-order valence-electron chi connectivity index (χ4n) is 2.93. The minimum Gasteiger partial charge on any atom is -0.497 e. The van der Waals surface area contributed by atoms with Crippen molar-refractivity contribution in [3.05, 3.63) is 48.0 Å². The average molecular weight is 379 g/mol. The summed E-state index contributed by atoms with van der Waals surface area (Å²) in [5.41, 5.74) is 7.71. The number of nitrogen functional groups attached to an aromatic ring is 1. The Bertz CT molecular complexity index is 697. The highest BCUT2D eigenvalue weighted by Gasteiger charge is 2.19. The minimum atomic E-state index is 0. The summed E-state index contributed by atoms with van der Waals surface area (Å²) in [6, 6.07) is 13.6. The van der Waals surface area contributed by atoms with Gasteiger partial charge in [0.25, 0.3) is 0 Å². The van der Waals surface area contributed by atoms with Gasteiger partial charge in [-0.25, -0.2) is 0 Å². The summed E-state index contributed by atoms with van der Waals surface area (Å²) in [5.74, 6) is 2.61. The van der Waals surface area contributed by atoms with E-state index >= 15 is 0 Å². The maximum atomic E-state index is 6.08. The molecule has 1 unspecified atom stereocenters. The molecule has 1 atom stereocenters. The van der Waals surface area contributed by atoms with Crippen LogP contribution in [0.1, 0.15) is 18.4 Å². The Labute approximate surface area is 161 Å². The standard InChI is InChI=1S/C20H26N2O3.ClH/c1-23-17-8-6-15-7-9-19(25-20(15)13-17)14-22-10-3-11-24-18-5-2-4-16(21)12-18;/h2,4-6,8,12-13,19,22H,3,7,9-11,14,21H2,1H3;1H. The summed E-state index contributed by atoms with van der Waals surface area (Å²) in [6.07, 6.45) is 3.22. The van der Waals surface area contributed by atoms with Gasteiger partial charge in [-0.1, -0.05) is 12.1 Å². The zero-order valence-corrected chi connectivity index (χ0v) is 15.9. The van der Waals surface area contributed by atoms with Crippen LogP contribution in [0.5, 0.6) is 17.2 Å². The van der Waals surface area contributed by atoms with Gasteiger partial charge < -0.3 is 25.3 Å². The molecule has 0 saturated heterocycles. The van der Waals surface area contributed by atoms with Gasteiger partial charge in [0.1, 0.15) is 23.4 Å². The third-order valence-electron chi connectivity index (χ3n) is 4.30. The van der Waals surface area contributed by atoms with E-state index in [1.807, 2.05) is 36.4 Å². The first-order valence-corrected chi connectivity index (χ1v) is 8.77. The molecular weight excluding hydrogens is 352 g/mol. The normalized spacial score (nSPS) is 15.3. The first-order chi connectivity index (χ1) is 12.2. The lowest BCUT2D eigenvalue weighted by Gasteiger charge is -2.26. The Morgan fingerprint density at radius 1 is 1.19 bits per heavy atom. The Hall–Kier alpha value is -2.11. The van der Waals surface area contributed by atoms with E-state index in [0.29, 0.717) is 6.61 Å². The minimum absolute atomic E-state index is 0. The first-order valence-electron chi connectivity index (χ1n) is 8.77. The number of hydrogen-bond donors (Lipinski definition) is 2. The van der Waals surface area contributed by atoms with Crippen molar-refractivity contribution in [2.75, 3.05) is 32.5 Å². The number of fused-ring (bicyclic) bond motifs is 1. The summed E-state index contributed by atoms with van der Waals surface area (Å²) in [4.78, 5) is 0. The molecule has 0 saturated carbocycles. The van der Waals surface area contributed by atoms with Crippen LogP contribution in [0, 0.1) is 0 Å². The second-order valence-electron chi connectivity index (χ2n) is 6.23. The Balaban J connectivity index is 0.00000243. The van der Waals surface area contributed by atoms with Gasteiger partial charge in [-0.2, -0.15) is 0 Å².